The second-order valence-electron chi connectivity index (χ2n) is 9.24. The smallest absolute Gasteiger partial charge is 0.259 e. The Hall–Kier alpha value is -2.34. The second-order valence-corrected chi connectivity index (χ2v) is 10.5. The molecule has 0 spiro atoms. The van der Waals surface area contributed by atoms with Gasteiger partial charge in [0, 0.05) is 16.3 Å². The van der Waals surface area contributed by atoms with Gasteiger partial charge in [-0.15, -0.1) is 0 Å². The lowest BCUT2D eigenvalue weighted by molar-refractivity contribution is -0.140. The molecule has 1 aliphatic heterocycles. The SMILES string of the molecule is O=C1[C@@H]2[C@H]3C=C[C@H]([C@H]4C[C@H]34)[C@@H]2C(=O)N1CN(C(=O)c1ccc(Cl)c(Cl)c1)c1ccc(Cl)cc1. The van der Waals surface area contributed by atoms with Crippen LogP contribution in [0.15, 0.2) is 54.6 Å². The number of hydrogen-bond donors (Lipinski definition) is 0. The fourth-order valence-corrected chi connectivity index (χ4v) is 6.39. The molecule has 0 radical (unpaired) electrons. The summed E-state index contributed by atoms with van der Waals surface area (Å²) in [6.07, 6.45) is 5.36. The average Bonchev–Trinajstić information content (AvgIpc) is 3.59. The molecule has 0 N–H and O–H groups in total. The van der Waals surface area contributed by atoms with Crippen LogP contribution in [0.1, 0.15) is 16.8 Å². The van der Waals surface area contributed by atoms with Gasteiger partial charge in [0.25, 0.3) is 5.91 Å². The number of hydrogen-bond acceptors (Lipinski definition) is 3. The van der Waals surface area contributed by atoms with E-state index in [2.05, 4.69) is 12.2 Å². The van der Waals surface area contributed by atoms with E-state index in [1.165, 1.54) is 15.9 Å². The summed E-state index contributed by atoms with van der Waals surface area (Å²) in [7, 11) is 0. The van der Waals surface area contributed by atoms with Gasteiger partial charge in [0.2, 0.25) is 11.8 Å². The number of rotatable bonds is 4. The largest absolute Gasteiger partial charge is 0.290 e. The Morgan fingerprint density at radius 1 is 0.879 bits per heavy atom. The lowest BCUT2D eigenvalue weighted by Gasteiger charge is -2.37. The molecule has 1 saturated heterocycles. The third-order valence-electron chi connectivity index (χ3n) is 7.59. The van der Waals surface area contributed by atoms with Gasteiger partial charge in [-0.1, -0.05) is 47.0 Å². The van der Waals surface area contributed by atoms with Gasteiger partial charge in [0.05, 0.1) is 21.9 Å². The van der Waals surface area contributed by atoms with Crippen molar-refractivity contribution in [2.45, 2.75) is 6.42 Å². The minimum Gasteiger partial charge on any atom is -0.290 e. The van der Waals surface area contributed by atoms with E-state index in [1.54, 1.807) is 36.4 Å². The first-order valence-corrected chi connectivity index (χ1v) is 12.0. The highest BCUT2D eigenvalue weighted by Crippen LogP contribution is 2.65. The molecule has 8 heteroatoms. The van der Waals surface area contributed by atoms with Crippen molar-refractivity contribution >= 4 is 58.2 Å². The minimum absolute atomic E-state index is 0.126. The highest BCUT2D eigenvalue weighted by atomic mass is 35.5. The fraction of sp³-hybridized carbons (Fsp3) is 0.320. The normalized spacial score (nSPS) is 30.9. The van der Waals surface area contributed by atoms with Gasteiger partial charge < -0.3 is 0 Å². The molecule has 5 aliphatic rings. The van der Waals surface area contributed by atoms with Gasteiger partial charge in [-0.05, 0) is 72.6 Å². The van der Waals surface area contributed by atoms with E-state index in [-0.39, 0.29) is 47.2 Å². The third kappa shape index (κ3) is 3.24. The van der Waals surface area contributed by atoms with E-state index in [0.29, 0.717) is 33.1 Å². The monoisotopic (exact) mass is 500 g/mol. The molecule has 6 atom stereocenters. The molecule has 33 heavy (non-hydrogen) atoms. The summed E-state index contributed by atoms with van der Waals surface area (Å²) in [6, 6.07) is 11.3. The first kappa shape index (κ1) is 21.2. The molecule has 2 saturated carbocycles. The van der Waals surface area contributed by atoms with Gasteiger partial charge in [-0.2, -0.15) is 0 Å². The fourth-order valence-electron chi connectivity index (χ4n) is 5.97. The number of benzene rings is 2. The standard InChI is InChI=1S/C25H19Cl3N2O3/c26-13-2-4-14(5-3-13)29(23(31)12-1-8-19(27)20(28)9-12)11-30-24(32)21-15-6-7-16(18-10-17(15)18)22(21)25(30)33/h1-9,15-18,21-22H,10-11H2/t15-,16+,17-,18-,21+,22-/m1/s1. The molecular weight excluding hydrogens is 483 g/mol. The number of halogens is 3. The molecule has 168 valence electrons. The van der Waals surface area contributed by atoms with Crippen LogP contribution in [-0.4, -0.2) is 29.3 Å². The van der Waals surface area contributed by atoms with Crippen molar-refractivity contribution in [2.75, 3.05) is 11.6 Å². The van der Waals surface area contributed by atoms with E-state index in [9.17, 15) is 14.4 Å². The second kappa shape index (κ2) is 7.59. The molecule has 3 amide bonds. The zero-order chi connectivity index (χ0) is 23.0. The highest BCUT2D eigenvalue weighted by Gasteiger charge is 2.67. The van der Waals surface area contributed by atoms with Gasteiger partial charge in [-0.3, -0.25) is 24.2 Å². The Morgan fingerprint density at radius 3 is 2.06 bits per heavy atom. The van der Waals surface area contributed by atoms with Crippen LogP contribution in [0.5, 0.6) is 0 Å². The summed E-state index contributed by atoms with van der Waals surface area (Å²) in [4.78, 5) is 43.1. The van der Waals surface area contributed by atoms with Crippen LogP contribution in [0.25, 0.3) is 0 Å². The topological polar surface area (TPSA) is 57.7 Å². The number of nitrogens with zero attached hydrogens (tertiary/aromatic N) is 2. The summed E-state index contributed by atoms with van der Waals surface area (Å²) in [5, 5.41) is 1.10. The third-order valence-corrected chi connectivity index (χ3v) is 8.58. The number of amides is 3. The zero-order valence-electron chi connectivity index (χ0n) is 17.3. The predicted octanol–water partition coefficient (Wildman–Crippen LogP) is 5.30. The van der Waals surface area contributed by atoms with Crippen LogP contribution in [0, 0.1) is 35.5 Å². The lowest BCUT2D eigenvalue weighted by Crippen LogP contribution is -2.45. The summed E-state index contributed by atoms with van der Waals surface area (Å²) in [5.41, 5.74) is 0.828. The zero-order valence-corrected chi connectivity index (χ0v) is 19.6. The van der Waals surface area contributed by atoms with Crippen LogP contribution >= 0.6 is 34.8 Å². The Morgan fingerprint density at radius 2 is 1.48 bits per heavy atom. The number of imide groups is 1. The van der Waals surface area contributed by atoms with Crippen molar-refractivity contribution in [1.82, 2.24) is 4.90 Å². The van der Waals surface area contributed by atoms with Crippen molar-refractivity contribution in [3.63, 3.8) is 0 Å². The van der Waals surface area contributed by atoms with Crippen LogP contribution in [-0.2, 0) is 9.59 Å². The maximum atomic E-state index is 13.5. The van der Waals surface area contributed by atoms with Crippen molar-refractivity contribution < 1.29 is 14.4 Å². The molecule has 7 rings (SSSR count). The number of allylic oxidation sites excluding steroid dienone is 2. The van der Waals surface area contributed by atoms with E-state index >= 15 is 0 Å². The number of anilines is 1. The maximum Gasteiger partial charge on any atom is 0.259 e. The Balaban J connectivity index is 1.34. The van der Waals surface area contributed by atoms with Gasteiger partial charge in [0.15, 0.2) is 0 Å². The molecule has 0 aromatic heterocycles. The van der Waals surface area contributed by atoms with E-state index < -0.39 is 5.91 Å². The summed E-state index contributed by atoms with van der Waals surface area (Å²) < 4.78 is 0. The Bertz CT molecular complexity index is 1190. The molecular formula is C25H19Cl3N2O3. The molecule has 1 heterocycles. The first-order valence-electron chi connectivity index (χ1n) is 10.9. The molecule has 4 aliphatic carbocycles. The van der Waals surface area contributed by atoms with Crippen molar-refractivity contribution in [1.29, 1.82) is 0 Å². The van der Waals surface area contributed by atoms with E-state index in [1.807, 2.05) is 0 Å². The maximum absolute atomic E-state index is 13.5. The molecule has 2 aromatic carbocycles. The number of likely N-dealkylation sites (tertiary alicyclic amines) is 1. The lowest BCUT2D eigenvalue weighted by atomic mass is 9.63. The quantitative estimate of drug-likeness (QED) is 0.422. The van der Waals surface area contributed by atoms with Crippen LogP contribution in [0.3, 0.4) is 0 Å². The van der Waals surface area contributed by atoms with Crippen molar-refractivity contribution in [3.05, 3.63) is 75.2 Å². The van der Waals surface area contributed by atoms with Crippen molar-refractivity contribution in [3.8, 4) is 0 Å². The van der Waals surface area contributed by atoms with E-state index in [0.717, 1.165) is 6.42 Å². The molecule has 0 unspecified atom stereocenters. The summed E-state index contributed by atoms with van der Waals surface area (Å²) in [6.45, 7) is -0.167. The minimum atomic E-state index is -0.393. The van der Waals surface area contributed by atoms with E-state index in [4.69, 9.17) is 34.8 Å². The molecule has 5 nitrogen and oxygen atoms in total. The molecule has 2 aromatic rings. The number of carbonyl (C=O) groups is 3. The van der Waals surface area contributed by atoms with Gasteiger partial charge in [-0.25, -0.2) is 0 Å². The molecule has 3 fully saturated rings. The predicted molar refractivity (Wildman–Crippen MR) is 126 cm³/mol. The molecule has 2 bridgehead atoms. The van der Waals surface area contributed by atoms with Gasteiger partial charge >= 0.3 is 0 Å². The first-order chi connectivity index (χ1) is 15.8. The number of carbonyl (C=O) groups excluding carboxylic acids is 3. The Labute approximate surface area is 205 Å². The summed E-state index contributed by atoms with van der Waals surface area (Å²) in [5.74, 6) is -0.109. The Kier molecular flexibility index (Phi) is 4.88. The van der Waals surface area contributed by atoms with Crippen molar-refractivity contribution in [2.24, 2.45) is 35.5 Å². The summed E-state index contributed by atoms with van der Waals surface area (Å²) >= 11 is 18.2. The van der Waals surface area contributed by atoms with Gasteiger partial charge in [0.1, 0.15) is 6.67 Å². The van der Waals surface area contributed by atoms with Crippen LogP contribution in [0.2, 0.25) is 15.1 Å². The highest BCUT2D eigenvalue weighted by molar-refractivity contribution is 6.42. The average molecular weight is 502 g/mol. The van der Waals surface area contributed by atoms with Crippen LogP contribution in [0.4, 0.5) is 5.69 Å². The van der Waals surface area contributed by atoms with Crippen LogP contribution < -0.4 is 4.90 Å².